The van der Waals surface area contributed by atoms with Crippen LogP contribution in [0.3, 0.4) is 0 Å². The molecule has 0 atom stereocenters. The van der Waals surface area contributed by atoms with Gasteiger partial charge in [-0.25, -0.2) is 0 Å². The van der Waals surface area contributed by atoms with Crippen molar-refractivity contribution in [1.29, 1.82) is 0 Å². The maximum absolute atomic E-state index is 6.84. The van der Waals surface area contributed by atoms with Crippen LogP contribution in [0.5, 0.6) is 0 Å². The molecule has 1 aromatic heterocycles. The van der Waals surface area contributed by atoms with E-state index in [4.69, 9.17) is 4.42 Å². The second kappa shape index (κ2) is 14.3. The number of para-hydroxylation sites is 1. The number of hydrogen-bond acceptors (Lipinski definition) is 2. The third-order valence-electron chi connectivity index (χ3n) is 11.7. The minimum Gasteiger partial charge on any atom is -0.455 e. The molecule has 1 heterocycles. The normalized spacial score (nSPS) is 12.7. The summed E-state index contributed by atoms with van der Waals surface area (Å²) in [4.78, 5) is 2.38. The first-order chi connectivity index (χ1) is 28.8. The summed E-state index contributed by atoms with van der Waals surface area (Å²) < 4.78 is 6.84. The molecule has 58 heavy (non-hydrogen) atoms. The summed E-state index contributed by atoms with van der Waals surface area (Å²) in [6.07, 6.45) is 9.05. The van der Waals surface area contributed by atoms with E-state index in [0.717, 1.165) is 62.8 Å². The van der Waals surface area contributed by atoms with Crippen LogP contribution in [0.15, 0.2) is 217 Å². The third kappa shape index (κ3) is 5.90. The van der Waals surface area contributed by atoms with E-state index in [1.807, 2.05) is 0 Å². The first-order valence-corrected chi connectivity index (χ1v) is 20.2. The van der Waals surface area contributed by atoms with Gasteiger partial charge in [0.1, 0.15) is 11.2 Å². The number of benzene rings is 9. The van der Waals surface area contributed by atoms with Crippen molar-refractivity contribution in [3.05, 3.63) is 218 Å². The molecule has 1 aliphatic carbocycles. The number of furan rings is 1. The topological polar surface area (TPSA) is 16.4 Å². The van der Waals surface area contributed by atoms with Crippen LogP contribution in [-0.2, 0) is 0 Å². The van der Waals surface area contributed by atoms with E-state index < -0.39 is 0 Å². The van der Waals surface area contributed by atoms with E-state index in [9.17, 15) is 0 Å². The lowest BCUT2D eigenvalue weighted by molar-refractivity contribution is 0.673. The molecule has 0 saturated carbocycles. The van der Waals surface area contributed by atoms with Crippen molar-refractivity contribution in [2.45, 2.75) is 12.8 Å². The number of allylic oxidation sites excluding steroid dienone is 4. The van der Waals surface area contributed by atoms with Gasteiger partial charge in [0.2, 0.25) is 0 Å². The second-order valence-electron chi connectivity index (χ2n) is 15.1. The average molecular weight is 742 g/mol. The molecule has 9 aromatic carbocycles. The maximum atomic E-state index is 6.84. The zero-order chi connectivity index (χ0) is 38.4. The largest absolute Gasteiger partial charge is 0.455 e. The van der Waals surface area contributed by atoms with Gasteiger partial charge < -0.3 is 9.32 Å². The standard InChI is InChI=1S/C56H39NO/c1-4-15-38(16-5-1)40-27-30-45(31-28-40)57(44-21-8-3-9-22-44)54-34-33-46(47-23-10-12-25-49(47)54)43-29-32-50-53-37-52(42-20-14-19-41(35-42)39-17-6-2-7-18-39)48-24-11-13-26-51(48)56(53)58-55(50)36-43/h2-4,6-37H,1,5H2. The molecule has 0 N–H and O–H groups in total. The molecule has 1 aliphatic rings. The number of fused-ring (bicyclic) bond motifs is 6. The van der Waals surface area contributed by atoms with Crippen molar-refractivity contribution in [3.63, 3.8) is 0 Å². The van der Waals surface area contributed by atoms with Crippen LogP contribution in [0.25, 0.3) is 82.4 Å². The summed E-state index contributed by atoms with van der Waals surface area (Å²) in [6.45, 7) is 0. The third-order valence-corrected chi connectivity index (χ3v) is 11.7. The molecule has 10 aromatic rings. The Hall–Kier alpha value is -7.42. The smallest absolute Gasteiger partial charge is 0.143 e. The van der Waals surface area contributed by atoms with E-state index in [2.05, 4.69) is 217 Å². The molecule has 0 bridgehead atoms. The van der Waals surface area contributed by atoms with Gasteiger partial charge in [-0.3, -0.25) is 0 Å². The predicted molar refractivity (Wildman–Crippen MR) is 246 cm³/mol. The van der Waals surface area contributed by atoms with Crippen LogP contribution in [0, 0.1) is 0 Å². The summed E-state index contributed by atoms with van der Waals surface area (Å²) in [5, 5.41) is 6.92. The molecule has 2 heteroatoms. The summed E-state index contributed by atoms with van der Waals surface area (Å²) in [6, 6.07) is 70.2. The molecule has 0 amide bonds. The van der Waals surface area contributed by atoms with Gasteiger partial charge in [-0.2, -0.15) is 0 Å². The van der Waals surface area contributed by atoms with Crippen LogP contribution in [0.4, 0.5) is 17.1 Å². The van der Waals surface area contributed by atoms with Crippen molar-refractivity contribution in [2.24, 2.45) is 0 Å². The van der Waals surface area contributed by atoms with Crippen LogP contribution in [0.2, 0.25) is 0 Å². The summed E-state index contributed by atoms with van der Waals surface area (Å²) in [7, 11) is 0. The van der Waals surface area contributed by atoms with E-state index >= 15 is 0 Å². The molecule has 0 spiro atoms. The van der Waals surface area contributed by atoms with Crippen LogP contribution in [0.1, 0.15) is 18.4 Å². The lowest BCUT2D eigenvalue weighted by Crippen LogP contribution is -2.10. The summed E-state index contributed by atoms with van der Waals surface area (Å²) >= 11 is 0. The Kier molecular flexibility index (Phi) is 8.33. The summed E-state index contributed by atoms with van der Waals surface area (Å²) in [5.74, 6) is 0. The zero-order valence-electron chi connectivity index (χ0n) is 32.0. The molecule has 0 unspecified atom stereocenters. The number of anilines is 3. The highest BCUT2D eigenvalue weighted by Crippen LogP contribution is 2.45. The number of nitrogens with zero attached hydrogens (tertiary/aromatic N) is 1. The van der Waals surface area contributed by atoms with Crippen molar-refractivity contribution >= 4 is 66.1 Å². The van der Waals surface area contributed by atoms with Gasteiger partial charge in [0, 0.05) is 32.9 Å². The first kappa shape index (κ1) is 33.9. The van der Waals surface area contributed by atoms with Crippen LogP contribution >= 0.6 is 0 Å². The molecule has 274 valence electrons. The van der Waals surface area contributed by atoms with Gasteiger partial charge in [0.15, 0.2) is 0 Å². The van der Waals surface area contributed by atoms with Gasteiger partial charge in [0.05, 0.1) is 5.69 Å². The minimum absolute atomic E-state index is 0.884. The Labute approximate surface area is 338 Å². The van der Waals surface area contributed by atoms with Gasteiger partial charge in [-0.05, 0) is 123 Å². The molecule has 0 saturated heterocycles. The average Bonchev–Trinajstić information content (AvgIpc) is 3.68. The van der Waals surface area contributed by atoms with Crippen LogP contribution < -0.4 is 4.90 Å². The van der Waals surface area contributed by atoms with Crippen LogP contribution in [-0.4, -0.2) is 0 Å². The molecule has 11 rings (SSSR count). The fourth-order valence-corrected chi connectivity index (χ4v) is 8.87. The SMILES string of the molecule is C1=CC(c2ccc(N(c3ccccc3)c3ccc(-c4ccc5c(c4)oc4c6ccccc6c(-c6cccc(-c7ccccc7)c6)cc54)c4ccccc34)cc2)=CCC1. The molecule has 0 fully saturated rings. The fourth-order valence-electron chi connectivity index (χ4n) is 8.87. The lowest BCUT2D eigenvalue weighted by Gasteiger charge is -2.27. The van der Waals surface area contributed by atoms with Gasteiger partial charge in [-0.15, -0.1) is 0 Å². The maximum Gasteiger partial charge on any atom is 0.143 e. The molecular formula is C56H39NO. The Morgan fingerprint density at radius 2 is 1.02 bits per heavy atom. The number of rotatable bonds is 7. The van der Waals surface area contributed by atoms with Gasteiger partial charge >= 0.3 is 0 Å². The highest BCUT2D eigenvalue weighted by atomic mass is 16.3. The Morgan fingerprint density at radius 1 is 0.379 bits per heavy atom. The molecule has 0 aliphatic heterocycles. The highest BCUT2D eigenvalue weighted by molar-refractivity contribution is 6.20. The fraction of sp³-hybridized carbons (Fsp3) is 0.0357. The quantitative estimate of drug-likeness (QED) is 0.162. The van der Waals surface area contributed by atoms with E-state index in [1.165, 1.54) is 55.1 Å². The predicted octanol–water partition coefficient (Wildman–Crippen LogP) is 16.1. The molecule has 2 nitrogen and oxygen atoms in total. The van der Waals surface area contributed by atoms with Crippen molar-refractivity contribution < 1.29 is 4.42 Å². The van der Waals surface area contributed by atoms with Crippen molar-refractivity contribution in [1.82, 2.24) is 0 Å². The van der Waals surface area contributed by atoms with Gasteiger partial charge in [-0.1, -0.05) is 158 Å². The van der Waals surface area contributed by atoms with E-state index in [1.54, 1.807) is 0 Å². The number of hydrogen-bond donors (Lipinski definition) is 0. The first-order valence-electron chi connectivity index (χ1n) is 20.2. The van der Waals surface area contributed by atoms with Gasteiger partial charge in [0.25, 0.3) is 0 Å². The lowest BCUT2D eigenvalue weighted by atomic mass is 9.93. The second-order valence-corrected chi connectivity index (χ2v) is 15.1. The molecular weight excluding hydrogens is 703 g/mol. The Balaban J connectivity index is 1.03. The van der Waals surface area contributed by atoms with Crippen molar-refractivity contribution in [2.75, 3.05) is 4.90 Å². The zero-order valence-corrected chi connectivity index (χ0v) is 32.0. The highest BCUT2D eigenvalue weighted by Gasteiger charge is 2.20. The minimum atomic E-state index is 0.884. The van der Waals surface area contributed by atoms with Crippen molar-refractivity contribution in [3.8, 4) is 33.4 Å². The molecule has 0 radical (unpaired) electrons. The van der Waals surface area contributed by atoms with E-state index in [-0.39, 0.29) is 0 Å². The summed E-state index contributed by atoms with van der Waals surface area (Å²) in [5.41, 5.74) is 14.8. The Bertz CT molecular complexity index is 3210. The monoisotopic (exact) mass is 741 g/mol. The Morgan fingerprint density at radius 3 is 1.79 bits per heavy atom. The van der Waals surface area contributed by atoms with E-state index in [0.29, 0.717) is 0 Å².